The molecule has 0 unspecified atom stereocenters. The molecule has 1 aromatic carbocycles. The van der Waals surface area contributed by atoms with E-state index in [0.29, 0.717) is 11.5 Å². The molecule has 1 aromatic heterocycles. The topological polar surface area (TPSA) is 50.9 Å². The molecular weight excluding hydrogens is 254 g/mol. The lowest BCUT2D eigenvalue weighted by atomic mass is 10.3. The van der Waals surface area contributed by atoms with Gasteiger partial charge in [-0.3, -0.25) is 0 Å². The number of hydrogen-bond acceptors (Lipinski definition) is 3. The summed E-state index contributed by atoms with van der Waals surface area (Å²) in [5.41, 5.74) is 7.36. The molecule has 0 aliphatic carbocycles. The maximum atomic E-state index is 5.78. The van der Waals surface area contributed by atoms with Crippen LogP contribution in [0.15, 0.2) is 47.1 Å². The Morgan fingerprint density at radius 2 is 1.93 bits per heavy atom. The van der Waals surface area contributed by atoms with Gasteiger partial charge in [0, 0.05) is 10.7 Å². The first-order valence-electron chi connectivity index (χ1n) is 4.49. The van der Waals surface area contributed by atoms with E-state index in [-0.39, 0.29) is 0 Å². The van der Waals surface area contributed by atoms with Crippen molar-refractivity contribution in [2.75, 3.05) is 11.1 Å². The third-order valence-corrected chi connectivity index (χ3v) is 2.66. The number of anilines is 3. The molecule has 15 heavy (non-hydrogen) atoms. The van der Waals surface area contributed by atoms with Crippen molar-refractivity contribution in [2.24, 2.45) is 0 Å². The third-order valence-electron chi connectivity index (χ3n) is 1.97. The summed E-state index contributed by atoms with van der Waals surface area (Å²) in [5, 5.41) is 3.16. The molecule has 0 radical (unpaired) electrons. The average molecular weight is 264 g/mol. The zero-order valence-corrected chi connectivity index (χ0v) is 9.53. The molecule has 0 saturated carbocycles. The van der Waals surface area contributed by atoms with Gasteiger partial charge in [-0.1, -0.05) is 12.1 Å². The minimum absolute atomic E-state index is 0.633. The van der Waals surface area contributed by atoms with Crippen molar-refractivity contribution in [1.29, 1.82) is 0 Å². The molecule has 0 aliphatic rings. The van der Waals surface area contributed by atoms with E-state index < -0.39 is 0 Å². The summed E-state index contributed by atoms with van der Waals surface area (Å²) < 4.78 is 0.982. The van der Waals surface area contributed by atoms with Crippen LogP contribution in [0.3, 0.4) is 0 Å². The number of nitrogens with one attached hydrogen (secondary N) is 1. The van der Waals surface area contributed by atoms with Gasteiger partial charge in [0.1, 0.15) is 0 Å². The smallest absolute Gasteiger partial charge is 0.153 e. The summed E-state index contributed by atoms with van der Waals surface area (Å²) in [6.45, 7) is 0. The van der Waals surface area contributed by atoms with Crippen molar-refractivity contribution in [3.63, 3.8) is 0 Å². The number of nitrogens with two attached hydrogens (primary N) is 1. The van der Waals surface area contributed by atoms with Crippen LogP contribution in [-0.2, 0) is 0 Å². The Kier molecular flexibility index (Phi) is 2.87. The van der Waals surface area contributed by atoms with Crippen LogP contribution in [0.2, 0.25) is 0 Å². The Bertz CT molecular complexity index is 427. The number of nitrogens with zero attached hydrogens (tertiary/aromatic N) is 1. The molecule has 0 atom stereocenters. The van der Waals surface area contributed by atoms with E-state index in [1.807, 2.05) is 30.3 Å². The van der Waals surface area contributed by atoms with Crippen LogP contribution in [0, 0.1) is 0 Å². The molecule has 3 nitrogen and oxygen atoms in total. The lowest BCUT2D eigenvalue weighted by Gasteiger charge is -2.08. The highest BCUT2D eigenvalue weighted by molar-refractivity contribution is 9.10. The maximum Gasteiger partial charge on any atom is 0.153 e. The predicted molar refractivity (Wildman–Crippen MR) is 66.1 cm³/mol. The molecule has 0 bridgehead atoms. The molecule has 0 amide bonds. The number of pyridine rings is 1. The fourth-order valence-corrected chi connectivity index (χ4v) is 1.60. The summed E-state index contributed by atoms with van der Waals surface area (Å²) >= 11 is 3.45. The Hall–Kier alpha value is -1.55. The van der Waals surface area contributed by atoms with Crippen LogP contribution in [-0.4, -0.2) is 4.98 Å². The second-order valence-corrected chi connectivity index (χ2v) is 3.90. The van der Waals surface area contributed by atoms with E-state index in [2.05, 4.69) is 26.2 Å². The van der Waals surface area contributed by atoms with Crippen molar-refractivity contribution >= 4 is 33.1 Å². The zero-order valence-electron chi connectivity index (χ0n) is 7.94. The molecule has 2 aromatic rings. The van der Waals surface area contributed by atoms with Crippen molar-refractivity contribution < 1.29 is 0 Å². The fourth-order valence-electron chi connectivity index (χ4n) is 1.21. The maximum absolute atomic E-state index is 5.78. The highest BCUT2D eigenvalue weighted by Crippen LogP contribution is 2.26. The van der Waals surface area contributed by atoms with Crippen LogP contribution in [0.25, 0.3) is 0 Å². The van der Waals surface area contributed by atoms with Gasteiger partial charge in [0.05, 0.1) is 11.4 Å². The average Bonchev–Trinajstić information content (AvgIpc) is 2.24. The van der Waals surface area contributed by atoms with Crippen LogP contribution in [0.5, 0.6) is 0 Å². The Labute approximate surface area is 96.5 Å². The summed E-state index contributed by atoms with van der Waals surface area (Å²) in [4.78, 5) is 4.16. The Balaban J connectivity index is 2.30. The minimum Gasteiger partial charge on any atom is -0.396 e. The monoisotopic (exact) mass is 263 g/mol. The fraction of sp³-hybridized carbons (Fsp3) is 0. The molecule has 4 heteroatoms. The number of rotatable bonds is 2. The summed E-state index contributed by atoms with van der Waals surface area (Å²) in [5.74, 6) is 0.671. The first kappa shape index (κ1) is 9.98. The van der Waals surface area contributed by atoms with Crippen molar-refractivity contribution in [1.82, 2.24) is 4.98 Å². The van der Waals surface area contributed by atoms with Crippen LogP contribution >= 0.6 is 15.9 Å². The molecule has 0 fully saturated rings. The second kappa shape index (κ2) is 4.31. The van der Waals surface area contributed by atoms with E-state index in [1.54, 1.807) is 12.3 Å². The highest BCUT2D eigenvalue weighted by atomic mass is 79.9. The molecular formula is C11H10BrN3. The first-order valence-corrected chi connectivity index (χ1v) is 5.29. The summed E-state index contributed by atoms with van der Waals surface area (Å²) in [7, 11) is 0. The number of aromatic nitrogens is 1. The molecule has 1 heterocycles. The Morgan fingerprint density at radius 3 is 2.67 bits per heavy atom. The van der Waals surface area contributed by atoms with Gasteiger partial charge in [-0.05, 0) is 40.2 Å². The van der Waals surface area contributed by atoms with E-state index in [0.717, 1.165) is 10.2 Å². The molecule has 0 spiro atoms. The van der Waals surface area contributed by atoms with E-state index in [1.165, 1.54) is 0 Å². The number of para-hydroxylation sites is 1. The number of hydrogen-bond donors (Lipinski definition) is 2. The lowest BCUT2D eigenvalue weighted by molar-refractivity contribution is 1.31. The number of halogens is 1. The normalized spacial score (nSPS) is 9.93. The third kappa shape index (κ3) is 2.27. The van der Waals surface area contributed by atoms with Crippen molar-refractivity contribution in [2.45, 2.75) is 0 Å². The summed E-state index contributed by atoms with van der Waals surface area (Å²) in [6.07, 6.45) is 1.70. The first-order chi connectivity index (χ1) is 7.27. The van der Waals surface area contributed by atoms with Crippen molar-refractivity contribution in [3.8, 4) is 0 Å². The largest absolute Gasteiger partial charge is 0.396 e. The molecule has 3 N–H and O–H groups in total. The molecule has 2 rings (SSSR count). The standard InChI is InChI=1S/C11H10BrN3/c12-8-4-1-2-6-10(8)15-11-9(13)5-3-7-14-11/h1-7H,13H2,(H,14,15). The van der Waals surface area contributed by atoms with Gasteiger partial charge in [-0.2, -0.15) is 0 Å². The van der Waals surface area contributed by atoms with Gasteiger partial charge in [0.15, 0.2) is 5.82 Å². The highest BCUT2D eigenvalue weighted by Gasteiger charge is 2.02. The second-order valence-electron chi connectivity index (χ2n) is 3.05. The number of nitrogen functional groups attached to an aromatic ring is 1. The summed E-state index contributed by atoms with van der Waals surface area (Å²) in [6, 6.07) is 11.4. The van der Waals surface area contributed by atoms with Gasteiger partial charge in [0.25, 0.3) is 0 Å². The van der Waals surface area contributed by atoms with E-state index >= 15 is 0 Å². The van der Waals surface area contributed by atoms with Gasteiger partial charge < -0.3 is 11.1 Å². The van der Waals surface area contributed by atoms with Crippen LogP contribution < -0.4 is 11.1 Å². The zero-order chi connectivity index (χ0) is 10.7. The number of benzene rings is 1. The molecule has 0 saturated heterocycles. The molecule has 0 aliphatic heterocycles. The van der Waals surface area contributed by atoms with Crippen molar-refractivity contribution in [3.05, 3.63) is 47.1 Å². The van der Waals surface area contributed by atoms with E-state index in [9.17, 15) is 0 Å². The van der Waals surface area contributed by atoms with Gasteiger partial charge >= 0.3 is 0 Å². The van der Waals surface area contributed by atoms with Gasteiger partial charge in [-0.15, -0.1) is 0 Å². The Morgan fingerprint density at radius 1 is 1.13 bits per heavy atom. The van der Waals surface area contributed by atoms with Crippen LogP contribution in [0.4, 0.5) is 17.2 Å². The van der Waals surface area contributed by atoms with Gasteiger partial charge in [0.2, 0.25) is 0 Å². The molecule has 76 valence electrons. The van der Waals surface area contributed by atoms with E-state index in [4.69, 9.17) is 5.73 Å². The lowest BCUT2D eigenvalue weighted by Crippen LogP contribution is -1.98. The van der Waals surface area contributed by atoms with Crippen LogP contribution in [0.1, 0.15) is 0 Å². The SMILES string of the molecule is Nc1cccnc1Nc1ccccc1Br. The van der Waals surface area contributed by atoms with Gasteiger partial charge in [-0.25, -0.2) is 4.98 Å². The minimum atomic E-state index is 0.633. The quantitative estimate of drug-likeness (QED) is 0.875. The predicted octanol–water partition coefficient (Wildman–Crippen LogP) is 3.17.